The van der Waals surface area contributed by atoms with Crippen LogP contribution < -0.4 is 11.1 Å². The zero-order valence-corrected chi connectivity index (χ0v) is 12.1. The van der Waals surface area contributed by atoms with Gasteiger partial charge in [0.05, 0.1) is 5.56 Å². The highest BCUT2D eigenvalue weighted by molar-refractivity contribution is 9.10. The summed E-state index contributed by atoms with van der Waals surface area (Å²) in [5.41, 5.74) is 6.70. The van der Waals surface area contributed by atoms with Gasteiger partial charge in [-0.05, 0) is 30.7 Å². The molecule has 2 aromatic rings. The summed E-state index contributed by atoms with van der Waals surface area (Å²) in [4.78, 5) is 12.1. The lowest BCUT2D eigenvalue weighted by molar-refractivity contribution is 0.102. The highest BCUT2D eigenvalue weighted by Crippen LogP contribution is 2.25. The van der Waals surface area contributed by atoms with Crippen molar-refractivity contribution in [1.29, 1.82) is 0 Å². The lowest BCUT2D eigenvalue weighted by Crippen LogP contribution is -2.15. The van der Waals surface area contributed by atoms with Crippen molar-refractivity contribution in [2.75, 3.05) is 11.1 Å². The fourth-order valence-corrected chi connectivity index (χ4v) is 2.06. The molecule has 3 N–H and O–H groups in total. The van der Waals surface area contributed by atoms with Gasteiger partial charge in [-0.3, -0.25) is 4.79 Å². The van der Waals surface area contributed by atoms with Gasteiger partial charge in [0.15, 0.2) is 11.6 Å². The number of carbonyl (C=O) groups excluding carboxylic acids is 1. The third-order valence-electron chi connectivity index (χ3n) is 2.85. The summed E-state index contributed by atoms with van der Waals surface area (Å²) in [5, 5.41) is 2.62. The Hall–Kier alpha value is -1.95. The van der Waals surface area contributed by atoms with E-state index < -0.39 is 17.5 Å². The van der Waals surface area contributed by atoms with E-state index in [2.05, 4.69) is 21.2 Å². The van der Waals surface area contributed by atoms with Gasteiger partial charge in [0.1, 0.15) is 0 Å². The summed E-state index contributed by atoms with van der Waals surface area (Å²) in [7, 11) is 0. The minimum absolute atomic E-state index is 0.108. The molecule has 0 aliphatic carbocycles. The number of amides is 1. The Balaban J connectivity index is 2.33. The lowest BCUT2D eigenvalue weighted by Gasteiger charge is -2.11. The number of hydrogen-bond donors (Lipinski definition) is 2. The van der Waals surface area contributed by atoms with Gasteiger partial charge in [-0.1, -0.05) is 22.0 Å². The van der Waals surface area contributed by atoms with Gasteiger partial charge < -0.3 is 11.1 Å². The molecule has 0 saturated carbocycles. The largest absolute Gasteiger partial charge is 0.398 e. The van der Waals surface area contributed by atoms with Crippen molar-refractivity contribution in [1.82, 2.24) is 0 Å². The van der Waals surface area contributed by atoms with Crippen LogP contribution in [0.1, 0.15) is 15.9 Å². The van der Waals surface area contributed by atoms with E-state index in [0.717, 1.165) is 22.2 Å². The third-order valence-corrected chi connectivity index (χ3v) is 3.71. The molecule has 6 heteroatoms. The van der Waals surface area contributed by atoms with Crippen molar-refractivity contribution in [2.24, 2.45) is 0 Å². The average Bonchev–Trinajstić information content (AvgIpc) is 2.39. The topological polar surface area (TPSA) is 55.1 Å². The molecule has 0 aliphatic rings. The predicted octanol–water partition coefficient (Wildman–Crippen LogP) is 3.87. The van der Waals surface area contributed by atoms with E-state index in [4.69, 9.17) is 5.73 Å². The van der Waals surface area contributed by atoms with Gasteiger partial charge >= 0.3 is 0 Å². The number of carbonyl (C=O) groups is 1. The second-order valence-corrected chi connectivity index (χ2v) is 5.07. The second-order valence-electron chi connectivity index (χ2n) is 4.22. The first kappa shape index (κ1) is 14.5. The molecule has 0 spiro atoms. The van der Waals surface area contributed by atoms with Gasteiger partial charge in [0.25, 0.3) is 5.91 Å². The standard InChI is InChI=1S/C14H11BrF2N2O/c1-7-9(15)3-2-4-13(7)19-14(20)8-5-10(16)11(17)6-12(8)18/h2-6H,18H2,1H3,(H,19,20). The van der Waals surface area contributed by atoms with E-state index >= 15 is 0 Å². The van der Waals surface area contributed by atoms with Crippen LogP contribution in [0.4, 0.5) is 20.2 Å². The highest BCUT2D eigenvalue weighted by atomic mass is 79.9. The molecular formula is C14H11BrF2N2O. The van der Waals surface area contributed by atoms with Crippen molar-refractivity contribution < 1.29 is 13.6 Å². The number of benzene rings is 2. The molecule has 0 radical (unpaired) electrons. The smallest absolute Gasteiger partial charge is 0.257 e. The SMILES string of the molecule is Cc1c(Br)cccc1NC(=O)c1cc(F)c(F)cc1N. The van der Waals surface area contributed by atoms with Gasteiger partial charge in [-0.2, -0.15) is 0 Å². The van der Waals surface area contributed by atoms with E-state index in [1.165, 1.54) is 0 Å². The van der Waals surface area contributed by atoms with Crippen LogP contribution in [0.15, 0.2) is 34.8 Å². The Morgan fingerprint density at radius 1 is 1.25 bits per heavy atom. The molecule has 104 valence electrons. The van der Waals surface area contributed by atoms with Crippen LogP contribution >= 0.6 is 15.9 Å². The van der Waals surface area contributed by atoms with Crippen LogP contribution in [-0.2, 0) is 0 Å². The van der Waals surface area contributed by atoms with Gasteiger partial charge in [0, 0.05) is 21.9 Å². The first-order valence-corrected chi connectivity index (χ1v) is 6.50. The summed E-state index contributed by atoms with van der Waals surface area (Å²) < 4.78 is 27.0. The first-order chi connectivity index (χ1) is 9.40. The van der Waals surface area contributed by atoms with Crippen LogP contribution in [0, 0.1) is 18.6 Å². The number of halogens is 3. The summed E-state index contributed by atoms with van der Waals surface area (Å²) in [6.45, 7) is 1.81. The maximum Gasteiger partial charge on any atom is 0.257 e. The molecule has 2 aromatic carbocycles. The quantitative estimate of drug-likeness (QED) is 0.815. The van der Waals surface area contributed by atoms with E-state index in [1.54, 1.807) is 12.1 Å². The molecule has 0 aromatic heterocycles. The van der Waals surface area contributed by atoms with Gasteiger partial charge in [-0.15, -0.1) is 0 Å². The normalized spacial score (nSPS) is 10.4. The number of rotatable bonds is 2. The molecule has 0 bridgehead atoms. The molecule has 0 atom stereocenters. The predicted molar refractivity (Wildman–Crippen MR) is 77.6 cm³/mol. The molecular weight excluding hydrogens is 330 g/mol. The highest BCUT2D eigenvalue weighted by Gasteiger charge is 2.15. The van der Waals surface area contributed by atoms with Crippen LogP contribution in [0.3, 0.4) is 0 Å². The van der Waals surface area contributed by atoms with E-state index in [1.807, 2.05) is 13.0 Å². The number of nitrogens with one attached hydrogen (secondary N) is 1. The van der Waals surface area contributed by atoms with Crippen molar-refractivity contribution in [3.05, 3.63) is 57.6 Å². The zero-order chi connectivity index (χ0) is 14.9. The second kappa shape index (κ2) is 5.58. The summed E-state index contributed by atoms with van der Waals surface area (Å²) >= 11 is 3.34. The number of anilines is 2. The molecule has 0 aliphatic heterocycles. The van der Waals surface area contributed by atoms with E-state index in [0.29, 0.717) is 5.69 Å². The van der Waals surface area contributed by atoms with Crippen molar-refractivity contribution in [2.45, 2.75) is 6.92 Å². The van der Waals surface area contributed by atoms with Crippen molar-refractivity contribution >= 4 is 33.2 Å². The summed E-state index contributed by atoms with van der Waals surface area (Å²) in [6.07, 6.45) is 0. The van der Waals surface area contributed by atoms with E-state index in [-0.39, 0.29) is 11.3 Å². The average molecular weight is 341 g/mol. The summed E-state index contributed by atoms with van der Waals surface area (Å²) in [5.74, 6) is -2.80. The molecule has 0 heterocycles. The van der Waals surface area contributed by atoms with Crippen LogP contribution in [0.5, 0.6) is 0 Å². The fourth-order valence-electron chi connectivity index (χ4n) is 1.69. The maximum absolute atomic E-state index is 13.2. The summed E-state index contributed by atoms with van der Waals surface area (Å²) in [6, 6.07) is 6.86. The van der Waals surface area contributed by atoms with Gasteiger partial charge in [-0.25, -0.2) is 8.78 Å². The number of nitrogen functional groups attached to an aromatic ring is 1. The minimum atomic E-state index is -1.12. The Bertz CT molecular complexity index is 689. The minimum Gasteiger partial charge on any atom is -0.398 e. The maximum atomic E-state index is 13.2. The third kappa shape index (κ3) is 2.80. The van der Waals surface area contributed by atoms with Gasteiger partial charge in [0.2, 0.25) is 0 Å². The zero-order valence-electron chi connectivity index (χ0n) is 10.5. The Kier molecular flexibility index (Phi) is 4.04. The van der Waals surface area contributed by atoms with Crippen LogP contribution in [0.25, 0.3) is 0 Å². The Morgan fingerprint density at radius 2 is 1.90 bits per heavy atom. The molecule has 3 nitrogen and oxygen atoms in total. The fraction of sp³-hybridized carbons (Fsp3) is 0.0714. The lowest BCUT2D eigenvalue weighted by atomic mass is 10.1. The number of nitrogens with two attached hydrogens (primary N) is 1. The molecule has 1 amide bonds. The van der Waals surface area contributed by atoms with Crippen molar-refractivity contribution in [3.63, 3.8) is 0 Å². The Morgan fingerprint density at radius 3 is 2.60 bits per heavy atom. The molecule has 20 heavy (non-hydrogen) atoms. The molecule has 0 unspecified atom stereocenters. The first-order valence-electron chi connectivity index (χ1n) is 5.71. The molecule has 0 fully saturated rings. The molecule has 0 saturated heterocycles. The van der Waals surface area contributed by atoms with E-state index in [9.17, 15) is 13.6 Å². The van der Waals surface area contributed by atoms with Crippen LogP contribution in [-0.4, -0.2) is 5.91 Å². The Labute approximate surface area is 122 Å². The molecule has 2 rings (SSSR count). The van der Waals surface area contributed by atoms with Crippen molar-refractivity contribution in [3.8, 4) is 0 Å². The number of hydrogen-bond acceptors (Lipinski definition) is 2. The van der Waals surface area contributed by atoms with Crippen LogP contribution in [0.2, 0.25) is 0 Å². The monoisotopic (exact) mass is 340 g/mol.